The molecule has 96 heavy (non-hydrogen) atoms. The Morgan fingerprint density at radius 2 is 1.19 bits per heavy atom. The van der Waals surface area contributed by atoms with Crippen molar-refractivity contribution in [2.75, 3.05) is 33.4 Å². The standard InChI is InChI=1S/C30H34ClNOSi.C30H33N3O4.C18H22ClN3O3/c1-30(2,3)34(25-15-6-4-7-16-25,26-17-8-5-9-18-26)33-21-13-12-20-28-27-19-11-10-14-24(27)23-32-29(28)22-31;1-37-28(35)21-14-30(15-21)16-22(17-30)33-27-12-5-4-11-26(27)32(29(33)36)19-25-24(10-6-7-13-34)23-9-3-2-8-20(23)18-31-25;1-17(2,3)25-16(24)21-9-18(10-21)7-11(8-18)22-14-12(19)5-4-6-13(14)20-15(22)23/h4-11,14-19,23H,12-13,20-22H2,1-3H3;2-5,8-9,11-12,18,21-22,34H,6-7,10,13-17,19H2,1H3;4-6,11H,7-10H2,1-3H3,(H,20,23). The number of carbonyl (C=O) groups is 2. The van der Waals surface area contributed by atoms with Gasteiger partial charge >= 0.3 is 23.4 Å². The van der Waals surface area contributed by atoms with Gasteiger partial charge in [-0.15, -0.1) is 11.6 Å². The highest BCUT2D eigenvalue weighted by Crippen LogP contribution is 2.63. The van der Waals surface area contributed by atoms with Crippen molar-refractivity contribution in [1.82, 2.24) is 33.6 Å². The number of aliphatic hydroxyl groups excluding tert-OH is 1. The van der Waals surface area contributed by atoms with Gasteiger partial charge in [0.15, 0.2) is 0 Å². The number of para-hydroxylation sites is 3. The van der Waals surface area contributed by atoms with Crippen molar-refractivity contribution < 1.29 is 28.6 Å². The van der Waals surface area contributed by atoms with Crippen LogP contribution in [0.15, 0.2) is 174 Å². The first-order valence-corrected chi connectivity index (χ1v) is 36.8. The third-order valence-electron chi connectivity index (χ3n) is 20.4. The van der Waals surface area contributed by atoms with Crippen molar-refractivity contribution in [3.63, 3.8) is 0 Å². The molecule has 1 saturated heterocycles. The highest BCUT2D eigenvalue weighted by molar-refractivity contribution is 6.99. The maximum Gasteiger partial charge on any atom is 0.410 e. The van der Waals surface area contributed by atoms with Crippen molar-refractivity contribution >= 4 is 97.6 Å². The van der Waals surface area contributed by atoms with E-state index in [9.17, 15) is 24.3 Å². The van der Waals surface area contributed by atoms with Crippen LogP contribution in [0.2, 0.25) is 10.1 Å². The number of carbonyl (C=O) groups excluding carboxylic acids is 2. The number of esters is 1. The second-order valence-corrected chi connectivity index (χ2v) is 34.1. The SMILES string of the molecule is CC(C)(C)OC(=O)N1CC2(CC(n3c(=O)[nH]c4cccc(Cl)c43)C2)C1.CC(C)(C)[Si](OCCCCc1c(CCl)ncc2ccccc12)(c1ccccc1)c1ccccc1.COC(=O)C1CC2(C1)CC(n1c(=O)n(Cc3ncc4ccccc4c3CCCCO)c3ccccc31)C2. The Morgan fingerprint density at radius 3 is 1.77 bits per heavy atom. The molecular weight excluding hydrogens is 1260 g/mol. The number of ether oxygens (including phenoxy) is 2. The molecule has 1 aliphatic heterocycles. The van der Waals surface area contributed by atoms with E-state index in [1.807, 2.05) is 90.8 Å². The molecule has 3 aliphatic carbocycles. The number of hydrogen-bond acceptors (Lipinski definition) is 10. The van der Waals surface area contributed by atoms with Crippen LogP contribution in [0.5, 0.6) is 0 Å². The quantitative estimate of drug-likeness (QED) is 0.0364. The average molecular weight is 1350 g/mol. The van der Waals surface area contributed by atoms with Crippen molar-refractivity contribution in [1.29, 1.82) is 0 Å². The Kier molecular flexibility index (Phi) is 20.1. The second-order valence-electron chi connectivity index (χ2n) is 29.1. The van der Waals surface area contributed by atoms with E-state index in [4.69, 9.17) is 42.1 Å². The normalized spacial score (nSPS) is 18.2. The van der Waals surface area contributed by atoms with Gasteiger partial charge in [-0.3, -0.25) is 28.5 Å². The van der Waals surface area contributed by atoms with Crippen molar-refractivity contribution in [3.8, 4) is 0 Å². The van der Waals surface area contributed by atoms with Crippen LogP contribution in [-0.2, 0) is 44.0 Å². The third kappa shape index (κ3) is 13.7. The molecule has 2 N–H and O–H groups in total. The minimum Gasteiger partial charge on any atom is -0.469 e. The molecule has 14 rings (SSSR count). The largest absolute Gasteiger partial charge is 0.469 e. The summed E-state index contributed by atoms with van der Waals surface area (Å²) < 4.78 is 23.0. The van der Waals surface area contributed by atoms with Gasteiger partial charge in [0.2, 0.25) is 0 Å². The summed E-state index contributed by atoms with van der Waals surface area (Å²) in [6.45, 7) is 15.3. The molecule has 4 fully saturated rings. The molecular formula is C78H89Cl2N7O8Si. The number of nitrogens with one attached hydrogen (secondary N) is 1. The number of likely N-dealkylation sites (tertiary alicyclic amines) is 1. The number of rotatable bonds is 18. The first-order chi connectivity index (χ1) is 46.2. The summed E-state index contributed by atoms with van der Waals surface area (Å²) in [5.74, 6) is 0.339. The maximum atomic E-state index is 13.9. The minimum absolute atomic E-state index is 0.00104. The number of aromatic amines is 1. The Hall–Kier alpha value is -7.86. The predicted octanol–water partition coefficient (Wildman–Crippen LogP) is 15.0. The Balaban J connectivity index is 0.000000140. The zero-order chi connectivity index (χ0) is 67.6. The summed E-state index contributed by atoms with van der Waals surface area (Å²) in [5, 5.41) is 17.3. The molecule has 15 nitrogen and oxygen atoms in total. The van der Waals surface area contributed by atoms with Crippen LogP contribution in [0, 0.1) is 16.7 Å². The van der Waals surface area contributed by atoms with Gasteiger partial charge in [0.1, 0.15) is 5.60 Å². The number of amides is 1. The molecule has 4 aromatic heterocycles. The number of H-pyrrole nitrogens is 1. The molecule has 0 atom stereocenters. The molecule has 0 unspecified atom stereocenters. The number of imidazole rings is 2. The number of aromatic nitrogens is 6. The molecule has 1 amide bonds. The van der Waals surface area contributed by atoms with Gasteiger partial charge in [-0.2, -0.15) is 0 Å². The van der Waals surface area contributed by atoms with E-state index >= 15 is 0 Å². The number of benzene rings is 6. The number of pyridine rings is 2. The fraction of sp³-hybridized carbons (Fsp3) is 0.410. The fourth-order valence-electron chi connectivity index (χ4n) is 15.9. The molecule has 2 spiro atoms. The van der Waals surface area contributed by atoms with Crippen molar-refractivity contribution in [2.24, 2.45) is 16.7 Å². The van der Waals surface area contributed by atoms with Gasteiger partial charge < -0.3 is 28.9 Å². The number of aryl methyl sites for hydroxylation is 2. The van der Waals surface area contributed by atoms with Gasteiger partial charge in [0.25, 0.3) is 8.32 Å². The first kappa shape index (κ1) is 68.1. The van der Waals surface area contributed by atoms with Gasteiger partial charge in [-0.1, -0.05) is 160 Å². The highest BCUT2D eigenvalue weighted by atomic mass is 35.5. The van der Waals surface area contributed by atoms with Crippen molar-refractivity contribution in [3.05, 3.63) is 213 Å². The first-order valence-electron chi connectivity index (χ1n) is 34.0. The summed E-state index contributed by atoms with van der Waals surface area (Å²) in [6.07, 6.45) is 14.3. The molecule has 0 radical (unpaired) electrons. The average Bonchev–Trinajstić information content (AvgIpc) is 1.15. The Morgan fingerprint density at radius 1 is 0.646 bits per heavy atom. The summed E-state index contributed by atoms with van der Waals surface area (Å²) >= 11 is 12.5. The Labute approximate surface area is 572 Å². The number of aliphatic hydroxyl groups is 1. The van der Waals surface area contributed by atoms with Crippen LogP contribution in [0.4, 0.5) is 4.79 Å². The molecule has 18 heteroatoms. The van der Waals surface area contributed by atoms with Gasteiger partial charge in [0, 0.05) is 67.0 Å². The summed E-state index contributed by atoms with van der Waals surface area (Å²) in [7, 11) is -1.02. The Bertz CT molecular complexity index is 4490. The van der Waals surface area contributed by atoms with E-state index in [-0.39, 0.29) is 63.9 Å². The van der Waals surface area contributed by atoms with E-state index in [1.165, 1.54) is 33.8 Å². The van der Waals surface area contributed by atoms with Gasteiger partial charge in [0.05, 0.1) is 63.9 Å². The summed E-state index contributed by atoms with van der Waals surface area (Å²) in [5.41, 5.74) is 7.45. The van der Waals surface area contributed by atoms with Crippen LogP contribution >= 0.6 is 23.2 Å². The second kappa shape index (κ2) is 28.3. The topological polar surface area (TPSA) is 176 Å². The molecule has 10 aromatic rings. The van der Waals surface area contributed by atoms with E-state index in [0.717, 1.165) is 133 Å². The lowest BCUT2D eigenvalue weighted by Crippen LogP contribution is -2.66. The number of nitrogens with zero attached hydrogens (tertiary/aromatic N) is 6. The number of unbranched alkanes of at least 4 members (excludes halogenated alkanes) is 2. The number of hydrogen-bond donors (Lipinski definition) is 2. The van der Waals surface area contributed by atoms with Crippen LogP contribution in [-0.4, -0.2) is 98.1 Å². The van der Waals surface area contributed by atoms with Crippen LogP contribution in [0.1, 0.15) is 140 Å². The summed E-state index contributed by atoms with van der Waals surface area (Å²) in [4.78, 5) is 64.2. The minimum atomic E-state index is -2.47. The summed E-state index contributed by atoms with van der Waals surface area (Å²) in [6, 6.07) is 52.2. The lowest BCUT2D eigenvalue weighted by Gasteiger charge is -2.58. The molecule has 5 heterocycles. The lowest BCUT2D eigenvalue weighted by atomic mass is 9.50. The lowest BCUT2D eigenvalue weighted by molar-refractivity contribution is -0.160. The van der Waals surface area contributed by atoms with Gasteiger partial charge in [-0.25, -0.2) is 14.4 Å². The number of halogens is 2. The monoisotopic (exact) mass is 1350 g/mol. The molecule has 3 saturated carbocycles. The molecule has 6 aromatic carbocycles. The van der Waals surface area contributed by atoms with E-state index in [0.29, 0.717) is 30.5 Å². The van der Waals surface area contributed by atoms with Crippen molar-refractivity contribution in [2.45, 2.75) is 154 Å². The van der Waals surface area contributed by atoms with Gasteiger partial charge in [-0.05, 0) is 165 Å². The zero-order valence-corrected chi connectivity index (χ0v) is 58.8. The van der Waals surface area contributed by atoms with Crippen LogP contribution in [0.3, 0.4) is 0 Å². The highest BCUT2D eigenvalue weighted by Gasteiger charge is 2.57. The molecule has 502 valence electrons. The number of fused-ring (bicyclic) bond motifs is 4. The maximum absolute atomic E-state index is 13.9. The fourth-order valence-corrected chi connectivity index (χ4v) is 21.0. The van der Waals surface area contributed by atoms with E-state index < -0.39 is 13.9 Å². The number of methoxy groups -OCH3 is 1. The zero-order valence-electron chi connectivity index (χ0n) is 56.3. The van der Waals surface area contributed by atoms with Crippen LogP contribution < -0.4 is 21.8 Å². The number of alkyl halides is 1. The smallest absolute Gasteiger partial charge is 0.410 e. The van der Waals surface area contributed by atoms with E-state index in [1.54, 1.807) is 15.5 Å². The van der Waals surface area contributed by atoms with Crippen LogP contribution in [0.25, 0.3) is 43.6 Å². The molecule has 0 bridgehead atoms. The third-order valence-corrected chi connectivity index (χ3v) is 26.0. The van der Waals surface area contributed by atoms with E-state index in [2.05, 4.69) is 128 Å². The molecule has 4 aliphatic rings. The predicted molar refractivity (Wildman–Crippen MR) is 386 cm³/mol.